The Kier molecular flexibility index (Phi) is 4.53. The Labute approximate surface area is 126 Å². The molecule has 0 aliphatic heterocycles. The van der Waals surface area contributed by atoms with Crippen LogP contribution in [0.3, 0.4) is 0 Å². The maximum Gasteiger partial charge on any atom is 0.307 e. The molecule has 1 N–H and O–H groups in total. The maximum atomic E-state index is 10.9. The molecule has 0 saturated heterocycles. The van der Waals surface area contributed by atoms with Crippen LogP contribution in [0.5, 0.6) is 11.5 Å². The van der Waals surface area contributed by atoms with E-state index in [9.17, 15) is 4.79 Å². The molecule has 0 spiro atoms. The summed E-state index contributed by atoms with van der Waals surface area (Å²) in [6.45, 7) is 1.89. The quantitative estimate of drug-likeness (QED) is 0.888. The smallest absolute Gasteiger partial charge is 0.307 e. The van der Waals surface area contributed by atoms with Crippen LogP contribution in [0.2, 0.25) is 10.0 Å². The summed E-state index contributed by atoms with van der Waals surface area (Å²) in [5, 5.41) is 9.70. The third kappa shape index (κ3) is 3.44. The Morgan fingerprint density at radius 3 is 2.45 bits per heavy atom. The second-order valence-corrected chi connectivity index (χ2v) is 5.15. The zero-order valence-corrected chi connectivity index (χ0v) is 12.2. The van der Waals surface area contributed by atoms with Crippen LogP contribution in [-0.2, 0) is 11.2 Å². The number of hydrogen-bond donors (Lipinski definition) is 1. The van der Waals surface area contributed by atoms with Gasteiger partial charge >= 0.3 is 5.97 Å². The summed E-state index contributed by atoms with van der Waals surface area (Å²) in [4.78, 5) is 10.9. The lowest BCUT2D eigenvalue weighted by molar-refractivity contribution is -0.136. The molecule has 0 saturated carbocycles. The van der Waals surface area contributed by atoms with Gasteiger partial charge in [-0.05, 0) is 25.1 Å². The minimum absolute atomic E-state index is 0.126. The van der Waals surface area contributed by atoms with Gasteiger partial charge in [0.05, 0.1) is 16.5 Å². The first-order valence-electron chi connectivity index (χ1n) is 5.90. The summed E-state index contributed by atoms with van der Waals surface area (Å²) < 4.78 is 5.70. The topological polar surface area (TPSA) is 46.5 Å². The Balaban J connectivity index is 2.40. The molecule has 104 valence electrons. The van der Waals surface area contributed by atoms with Gasteiger partial charge in [0.2, 0.25) is 0 Å². The van der Waals surface area contributed by atoms with Crippen LogP contribution in [0.4, 0.5) is 0 Å². The lowest BCUT2D eigenvalue weighted by Gasteiger charge is -2.13. The third-order valence-corrected chi connectivity index (χ3v) is 3.28. The molecule has 5 heteroatoms. The van der Waals surface area contributed by atoms with Crippen LogP contribution in [0.25, 0.3) is 0 Å². The van der Waals surface area contributed by atoms with E-state index in [1.807, 2.05) is 13.0 Å². The number of halogens is 2. The van der Waals surface area contributed by atoms with E-state index >= 15 is 0 Å². The molecule has 0 bridgehead atoms. The summed E-state index contributed by atoms with van der Waals surface area (Å²) in [7, 11) is 0. The number of carboxylic acids is 1. The molecule has 0 aliphatic carbocycles. The molecule has 2 aromatic carbocycles. The molecule has 20 heavy (non-hydrogen) atoms. The molecule has 0 radical (unpaired) electrons. The van der Waals surface area contributed by atoms with Gasteiger partial charge < -0.3 is 9.84 Å². The van der Waals surface area contributed by atoms with Crippen molar-refractivity contribution in [3.05, 3.63) is 57.6 Å². The van der Waals surface area contributed by atoms with Gasteiger partial charge in [-0.2, -0.15) is 0 Å². The Hall–Kier alpha value is -1.71. The van der Waals surface area contributed by atoms with Gasteiger partial charge in [0, 0.05) is 5.56 Å². The van der Waals surface area contributed by atoms with Crippen molar-refractivity contribution in [2.45, 2.75) is 13.3 Å². The van der Waals surface area contributed by atoms with Crippen LogP contribution in [-0.4, -0.2) is 11.1 Å². The van der Waals surface area contributed by atoms with Gasteiger partial charge in [-0.1, -0.05) is 47.0 Å². The van der Waals surface area contributed by atoms with Crippen LogP contribution in [0.1, 0.15) is 11.1 Å². The molecule has 3 nitrogen and oxygen atoms in total. The summed E-state index contributed by atoms with van der Waals surface area (Å²) in [5.74, 6) is -0.162. The van der Waals surface area contributed by atoms with E-state index in [0.717, 1.165) is 5.56 Å². The maximum absolute atomic E-state index is 10.9. The fourth-order valence-electron chi connectivity index (χ4n) is 1.80. The van der Waals surface area contributed by atoms with E-state index in [-0.39, 0.29) is 6.42 Å². The van der Waals surface area contributed by atoms with Gasteiger partial charge in [0.15, 0.2) is 5.75 Å². The minimum Gasteiger partial charge on any atom is -0.481 e. The van der Waals surface area contributed by atoms with Crippen LogP contribution in [0, 0.1) is 6.92 Å². The number of ether oxygens (including phenoxy) is 1. The fraction of sp³-hybridized carbons (Fsp3) is 0.133. The predicted molar refractivity (Wildman–Crippen MR) is 79.1 cm³/mol. The number of aliphatic carboxylic acids is 1. The Morgan fingerprint density at radius 1 is 1.20 bits per heavy atom. The van der Waals surface area contributed by atoms with Crippen molar-refractivity contribution in [1.82, 2.24) is 0 Å². The molecular formula is C15H12Cl2O3. The van der Waals surface area contributed by atoms with E-state index in [2.05, 4.69) is 0 Å². The second kappa shape index (κ2) is 6.16. The highest BCUT2D eigenvalue weighted by atomic mass is 35.5. The average molecular weight is 311 g/mol. The van der Waals surface area contributed by atoms with Crippen molar-refractivity contribution in [1.29, 1.82) is 0 Å². The first-order valence-corrected chi connectivity index (χ1v) is 6.66. The molecular weight excluding hydrogens is 299 g/mol. The SMILES string of the molecule is Cc1ccc(Oc2c(Cl)cccc2Cl)c(CC(=O)O)c1. The average Bonchev–Trinajstić information content (AvgIpc) is 2.35. The van der Waals surface area contributed by atoms with Crippen molar-refractivity contribution in [3.8, 4) is 11.5 Å². The minimum atomic E-state index is -0.925. The number of hydrogen-bond acceptors (Lipinski definition) is 2. The number of benzene rings is 2. The highest BCUT2D eigenvalue weighted by Gasteiger charge is 2.13. The van der Waals surface area contributed by atoms with Crippen molar-refractivity contribution >= 4 is 29.2 Å². The molecule has 2 rings (SSSR count). The molecule has 0 aromatic heterocycles. The van der Waals surface area contributed by atoms with Crippen molar-refractivity contribution in [2.24, 2.45) is 0 Å². The summed E-state index contributed by atoms with van der Waals surface area (Å²) in [5.41, 5.74) is 1.53. The van der Waals surface area contributed by atoms with Gasteiger partial charge in [-0.25, -0.2) is 0 Å². The lowest BCUT2D eigenvalue weighted by atomic mass is 10.1. The lowest BCUT2D eigenvalue weighted by Crippen LogP contribution is -2.02. The molecule has 0 atom stereocenters. The van der Waals surface area contributed by atoms with Crippen LogP contribution < -0.4 is 4.74 Å². The van der Waals surface area contributed by atoms with Gasteiger partial charge in [0.1, 0.15) is 5.75 Å². The molecule has 0 fully saturated rings. The molecule has 2 aromatic rings. The standard InChI is InChI=1S/C15H12Cl2O3/c1-9-5-6-13(10(7-9)8-14(18)19)20-15-11(16)3-2-4-12(15)17/h2-7H,8H2,1H3,(H,18,19). The Morgan fingerprint density at radius 2 is 1.85 bits per heavy atom. The zero-order valence-electron chi connectivity index (χ0n) is 10.7. The highest BCUT2D eigenvalue weighted by Crippen LogP contribution is 2.37. The van der Waals surface area contributed by atoms with E-state index in [1.54, 1.807) is 30.3 Å². The largest absolute Gasteiger partial charge is 0.481 e. The summed E-state index contributed by atoms with van der Waals surface area (Å²) in [6.07, 6.45) is -0.126. The number of aryl methyl sites for hydroxylation is 1. The predicted octanol–water partition coefficient (Wildman–Crippen LogP) is 4.72. The number of carbonyl (C=O) groups is 1. The monoisotopic (exact) mass is 310 g/mol. The fourth-order valence-corrected chi connectivity index (χ4v) is 2.27. The Bertz CT molecular complexity index is 633. The number of para-hydroxylation sites is 1. The van der Waals surface area contributed by atoms with Crippen molar-refractivity contribution < 1.29 is 14.6 Å². The van der Waals surface area contributed by atoms with E-state index in [4.69, 9.17) is 33.0 Å². The first kappa shape index (κ1) is 14.7. The van der Waals surface area contributed by atoms with Gasteiger partial charge in [-0.3, -0.25) is 4.79 Å². The summed E-state index contributed by atoms with van der Waals surface area (Å²) >= 11 is 12.1. The third-order valence-electron chi connectivity index (χ3n) is 2.69. The van der Waals surface area contributed by atoms with E-state index in [0.29, 0.717) is 27.1 Å². The molecule has 0 unspecified atom stereocenters. The highest BCUT2D eigenvalue weighted by molar-refractivity contribution is 6.37. The molecule has 0 amide bonds. The van der Waals surface area contributed by atoms with Crippen molar-refractivity contribution in [2.75, 3.05) is 0 Å². The number of rotatable bonds is 4. The second-order valence-electron chi connectivity index (χ2n) is 4.33. The van der Waals surface area contributed by atoms with Crippen LogP contribution >= 0.6 is 23.2 Å². The summed E-state index contributed by atoms with van der Waals surface area (Å²) in [6, 6.07) is 10.4. The van der Waals surface area contributed by atoms with Gasteiger partial charge in [0.25, 0.3) is 0 Å². The number of carboxylic acid groups (broad SMARTS) is 1. The van der Waals surface area contributed by atoms with Crippen molar-refractivity contribution in [3.63, 3.8) is 0 Å². The molecule has 0 heterocycles. The first-order chi connectivity index (χ1) is 9.47. The zero-order chi connectivity index (χ0) is 14.7. The van der Waals surface area contributed by atoms with E-state index in [1.165, 1.54) is 0 Å². The molecule has 0 aliphatic rings. The normalized spacial score (nSPS) is 10.3. The van der Waals surface area contributed by atoms with Crippen LogP contribution in [0.15, 0.2) is 36.4 Å². The van der Waals surface area contributed by atoms with Gasteiger partial charge in [-0.15, -0.1) is 0 Å². The van der Waals surface area contributed by atoms with E-state index < -0.39 is 5.97 Å².